The summed E-state index contributed by atoms with van der Waals surface area (Å²) < 4.78 is 11.9. The van der Waals surface area contributed by atoms with E-state index in [4.69, 9.17) is 9.47 Å². The standard InChI is InChI=1S/C17H16N4O3S/c1-23-14-8-18-9-15(20-14)24-11-6-7-21(10-11)17(22)16-19-12-4-2-3-5-13(12)25-16/h2-5,8-9,11H,6-7,10H2,1H3. The Morgan fingerprint density at radius 3 is 2.92 bits per heavy atom. The number of thiazole rings is 1. The third-order valence-electron chi connectivity index (χ3n) is 4.00. The van der Waals surface area contributed by atoms with Gasteiger partial charge in [-0.3, -0.25) is 9.78 Å². The predicted octanol–water partition coefficient (Wildman–Crippen LogP) is 2.39. The second-order valence-electron chi connectivity index (χ2n) is 5.67. The molecule has 0 N–H and O–H groups in total. The Balaban J connectivity index is 1.43. The van der Waals surface area contributed by atoms with E-state index < -0.39 is 0 Å². The highest BCUT2D eigenvalue weighted by Crippen LogP contribution is 2.25. The van der Waals surface area contributed by atoms with Gasteiger partial charge in [-0.15, -0.1) is 11.3 Å². The van der Waals surface area contributed by atoms with Crippen molar-refractivity contribution in [3.63, 3.8) is 0 Å². The minimum atomic E-state index is -0.111. The van der Waals surface area contributed by atoms with Crippen LogP contribution in [0.15, 0.2) is 36.7 Å². The van der Waals surface area contributed by atoms with E-state index >= 15 is 0 Å². The lowest BCUT2D eigenvalue weighted by Gasteiger charge is -2.15. The van der Waals surface area contributed by atoms with Gasteiger partial charge in [0.05, 0.1) is 36.3 Å². The molecular weight excluding hydrogens is 340 g/mol. The SMILES string of the molecule is COc1cncc(OC2CCN(C(=O)c3nc4ccccc4s3)C2)n1. The fraction of sp³-hybridized carbons (Fsp3) is 0.294. The Labute approximate surface area is 148 Å². The van der Waals surface area contributed by atoms with Gasteiger partial charge in [0, 0.05) is 13.0 Å². The molecule has 0 radical (unpaired) electrons. The van der Waals surface area contributed by atoms with Gasteiger partial charge in [0.2, 0.25) is 11.8 Å². The number of hydrogen-bond acceptors (Lipinski definition) is 7. The molecule has 2 aromatic heterocycles. The Bertz CT molecular complexity index is 881. The average molecular weight is 356 g/mol. The van der Waals surface area contributed by atoms with E-state index in [1.54, 1.807) is 11.1 Å². The Kier molecular flexibility index (Phi) is 4.19. The molecule has 1 fully saturated rings. The molecule has 3 aromatic rings. The lowest BCUT2D eigenvalue weighted by molar-refractivity contribution is 0.0770. The molecule has 1 aliphatic heterocycles. The van der Waals surface area contributed by atoms with Crippen molar-refractivity contribution in [3.8, 4) is 11.8 Å². The molecule has 0 bridgehead atoms. The Morgan fingerprint density at radius 2 is 2.08 bits per heavy atom. The van der Waals surface area contributed by atoms with Crippen LogP contribution >= 0.6 is 11.3 Å². The quantitative estimate of drug-likeness (QED) is 0.714. The van der Waals surface area contributed by atoms with Crippen molar-refractivity contribution in [3.05, 3.63) is 41.7 Å². The number of carbonyl (C=O) groups is 1. The maximum absolute atomic E-state index is 12.7. The monoisotopic (exact) mass is 356 g/mol. The van der Waals surface area contributed by atoms with E-state index in [0.717, 1.165) is 16.6 Å². The zero-order valence-electron chi connectivity index (χ0n) is 13.6. The number of carbonyl (C=O) groups excluding carboxylic acids is 1. The minimum absolute atomic E-state index is 0.0518. The number of fused-ring (bicyclic) bond motifs is 1. The molecule has 1 unspecified atom stereocenters. The average Bonchev–Trinajstić information content (AvgIpc) is 3.28. The van der Waals surface area contributed by atoms with Crippen LogP contribution in [0.2, 0.25) is 0 Å². The van der Waals surface area contributed by atoms with Gasteiger partial charge in [-0.1, -0.05) is 12.1 Å². The summed E-state index contributed by atoms with van der Waals surface area (Å²) in [7, 11) is 1.53. The number of aromatic nitrogens is 3. The summed E-state index contributed by atoms with van der Waals surface area (Å²) in [6.07, 6.45) is 3.69. The van der Waals surface area contributed by atoms with E-state index in [2.05, 4.69) is 15.0 Å². The predicted molar refractivity (Wildman–Crippen MR) is 93.1 cm³/mol. The smallest absolute Gasteiger partial charge is 0.283 e. The highest BCUT2D eigenvalue weighted by atomic mass is 32.1. The molecule has 0 saturated carbocycles. The van der Waals surface area contributed by atoms with Crippen molar-refractivity contribution >= 4 is 27.5 Å². The summed E-state index contributed by atoms with van der Waals surface area (Å²) in [6.45, 7) is 1.14. The molecule has 1 aromatic carbocycles. The van der Waals surface area contributed by atoms with Crippen molar-refractivity contribution in [2.24, 2.45) is 0 Å². The second-order valence-corrected chi connectivity index (χ2v) is 6.70. The van der Waals surface area contributed by atoms with Crippen molar-refractivity contribution in [2.75, 3.05) is 20.2 Å². The van der Waals surface area contributed by atoms with Gasteiger partial charge < -0.3 is 14.4 Å². The van der Waals surface area contributed by atoms with E-state index in [0.29, 0.717) is 29.9 Å². The van der Waals surface area contributed by atoms with Gasteiger partial charge >= 0.3 is 0 Å². The number of rotatable bonds is 4. The largest absolute Gasteiger partial charge is 0.480 e. The molecule has 0 aliphatic carbocycles. The van der Waals surface area contributed by atoms with Gasteiger partial charge in [0.15, 0.2) is 5.01 Å². The van der Waals surface area contributed by atoms with Crippen LogP contribution in [0.3, 0.4) is 0 Å². The van der Waals surface area contributed by atoms with E-state index in [1.807, 2.05) is 24.3 Å². The molecule has 1 saturated heterocycles. The second kappa shape index (κ2) is 6.64. The number of amides is 1. The molecule has 1 atom stereocenters. The van der Waals surface area contributed by atoms with E-state index in [9.17, 15) is 4.79 Å². The maximum atomic E-state index is 12.7. The number of hydrogen-bond donors (Lipinski definition) is 0. The van der Waals surface area contributed by atoms with Crippen LogP contribution in [-0.4, -0.2) is 52.1 Å². The van der Waals surface area contributed by atoms with Crippen molar-refractivity contribution < 1.29 is 14.3 Å². The molecule has 1 amide bonds. The fourth-order valence-corrected chi connectivity index (χ4v) is 3.70. The third-order valence-corrected chi connectivity index (χ3v) is 5.02. The summed E-state index contributed by atoms with van der Waals surface area (Å²) in [5.74, 6) is 0.751. The summed E-state index contributed by atoms with van der Waals surface area (Å²) in [5.41, 5.74) is 0.856. The molecule has 0 spiro atoms. The summed E-state index contributed by atoms with van der Waals surface area (Å²) in [6, 6.07) is 7.76. The van der Waals surface area contributed by atoms with Crippen molar-refractivity contribution in [1.82, 2.24) is 19.9 Å². The van der Waals surface area contributed by atoms with Crippen molar-refractivity contribution in [1.29, 1.82) is 0 Å². The Morgan fingerprint density at radius 1 is 1.24 bits per heavy atom. The number of likely N-dealkylation sites (tertiary alicyclic amines) is 1. The van der Waals surface area contributed by atoms with Gasteiger partial charge in [0.25, 0.3) is 5.91 Å². The first kappa shape index (κ1) is 15.8. The molecular formula is C17H16N4O3S. The van der Waals surface area contributed by atoms with E-state index in [-0.39, 0.29) is 12.0 Å². The molecule has 128 valence electrons. The molecule has 1 aliphatic rings. The van der Waals surface area contributed by atoms with Gasteiger partial charge in [-0.05, 0) is 12.1 Å². The molecule has 3 heterocycles. The van der Waals surface area contributed by atoms with Crippen LogP contribution in [0.5, 0.6) is 11.8 Å². The Hall–Kier alpha value is -2.74. The van der Waals surface area contributed by atoms with Crippen LogP contribution in [0.25, 0.3) is 10.2 Å². The molecule has 7 nitrogen and oxygen atoms in total. The first-order valence-corrected chi connectivity index (χ1v) is 8.72. The molecule has 25 heavy (non-hydrogen) atoms. The number of para-hydroxylation sites is 1. The lowest BCUT2D eigenvalue weighted by Crippen LogP contribution is -2.30. The third kappa shape index (κ3) is 3.25. The normalized spacial score (nSPS) is 17.0. The number of nitrogens with zero attached hydrogens (tertiary/aromatic N) is 4. The fourth-order valence-electron chi connectivity index (χ4n) is 2.76. The van der Waals surface area contributed by atoms with E-state index in [1.165, 1.54) is 24.6 Å². The molecule has 4 rings (SSSR count). The number of ether oxygens (including phenoxy) is 2. The highest BCUT2D eigenvalue weighted by molar-refractivity contribution is 7.20. The maximum Gasteiger partial charge on any atom is 0.283 e. The minimum Gasteiger partial charge on any atom is -0.480 e. The summed E-state index contributed by atoms with van der Waals surface area (Å²) >= 11 is 1.42. The zero-order chi connectivity index (χ0) is 17.2. The van der Waals surface area contributed by atoms with Crippen LogP contribution in [0, 0.1) is 0 Å². The first-order valence-electron chi connectivity index (χ1n) is 7.90. The van der Waals surface area contributed by atoms with Crippen LogP contribution < -0.4 is 9.47 Å². The van der Waals surface area contributed by atoms with Gasteiger partial charge in [-0.2, -0.15) is 4.98 Å². The first-order chi connectivity index (χ1) is 12.2. The molecule has 8 heteroatoms. The summed E-state index contributed by atoms with van der Waals surface area (Å²) in [5, 5.41) is 0.517. The van der Waals surface area contributed by atoms with Crippen LogP contribution in [0.4, 0.5) is 0 Å². The van der Waals surface area contributed by atoms with Gasteiger partial charge in [-0.25, -0.2) is 4.98 Å². The topological polar surface area (TPSA) is 77.4 Å². The van der Waals surface area contributed by atoms with Crippen molar-refractivity contribution in [2.45, 2.75) is 12.5 Å². The summed E-state index contributed by atoms with van der Waals surface area (Å²) in [4.78, 5) is 27.1. The van der Waals surface area contributed by atoms with Crippen LogP contribution in [0.1, 0.15) is 16.2 Å². The highest BCUT2D eigenvalue weighted by Gasteiger charge is 2.30. The lowest BCUT2D eigenvalue weighted by atomic mass is 10.3. The van der Waals surface area contributed by atoms with Gasteiger partial charge in [0.1, 0.15) is 6.10 Å². The number of methoxy groups -OCH3 is 1. The zero-order valence-corrected chi connectivity index (χ0v) is 14.4. The van der Waals surface area contributed by atoms with Crippen LogP contribution in [-0.2, 0) is 0 Å². The number of benzene rings is 1.